The quantitative estimate of drug-likeness (QED) is 0.795. The lowest BCUT2D eigenvalue weighted by Gasteiger charge is -2.37. The van der Waals surface area contributed by atoms with E-state index in [1.54, 1.807) is 0 Å². The van der Waals surface area contributed by atoms with Gasteiger partial charge in [0.25, 0.3) is 0 Å². The van der Waals surface area contributed by atoms with Crippen molar-refractivity contribution in [3.63, 3.8) is 0 Å². The molecular formula is C14H27N3. The largest absolute Gasteiger partial charge is 0.315 e. The van der Waals surface area contributed by atoms with E-state index in [4.69, 9.17) is 0 Å². The standard InChI is InChI=1S/C14H27N3/c1-2-8-17(12-5-7-15-11-12)14-6-10-16-9-3-4-13(14)16/h12-15H,2-11H2,1H3. The van der Waals surface area contributed by atoms with Crippen LogP contribution in [0.3, 0.4) is 0 Å². The predicted octanol–water partition coefficient (Wildman–Crippen LogP) is 1.30. The molecule has 0 aromatic carbocycles. The summed E-state index contributed by atoms with van der Waals surface area (Å²) >= 11 is 0. The zero-order chi connectivity index (χ0) is 11.7. The fourth-order valence-corrected chi connectivity index (χ4v) is 4.24. The third-order valence-corrected chi connectivity index (χ3v) is 4.98. The Morgan fingerprint density at radius 1 is 1.24 bits per heavy atom. The van der Waals surface area contributed by atoms with Gasteiger partial charge < -0.3 is 5.32 Å². The summed E-state index contributed by atoms with van der Waals surface area (Å²) in [4.78, 5) is 5.60. The molecule has 0 aliphatic carbocycles. The number of hydrogen-bond acceptors (Lipinski definition) is 3. The van der Waals surface area contributed by atoms with Gasteiger partial charge >= 0.3 is 0 Å². The van der Waals surface area contributed by atoms with Crippen molar-refractivity contribution < 1.29 is 0 Å². The fourth-order valence-electron chi connectivity index (χ4n) is 4.24. The van der Waals surface area contributed by atoms with E-state index in [1.807, 2.05) is 0 Å². The number of rotatable bonds is 4. The summed E-state index contributed by atoms with van der Waals surface area (Å²) in [6, 6.07) is 2.57. The predicted molar refractivity (Wildman–Crippen MR) is 71.3 cm³/mol. The lowest BCUT2D eigenvalue weighted by molar-refractivity contribution is 0.117. The van der Waals surface area contributed by atoms with Gasteiger partial charge in [0, 0.05) is 31.2 Å². The fraction of sp³-hybridized carbons (Fsp3) is 1.00. The van der Waals surface area contributed by atoms with Gasteiger partial charge in [0.15, 0.2) is 0 Å². The van der Waals surface area contributed by atoms with E-state index in [0.29, 0.717) is 0 Å². The second kappa shape index (κ2) is 5.25. The molecule has 3 aliphatic heterocycles. The monoisotopic (exact) mass is 237 g/mol. The summed E-state index contributed by atoms with van der Waals surface area (Å²) in [6.07, 6.45) is 6.97. The minimum absolute atomic E-state index is 0.820. The minimum Gasteiger partial charge on any atom is -0.315 e. The Labute approximate surface area is 106 Å². The average molecular weight is 237 g/mol. The Balaban J connectivity index is 1.69. The maximum atomic E-state index is 3.54. The summed E-state index contributed by atoms with van der Waals surface area (Å²) in [7, 11) is 0. The van der Waals surface area contributed by atoms with Gasteiger partial charge in [-0.1, -0.05) is 6.92 Å². The topological polar surface area (TPSA) is 18.5 Å². The van der Waals surface area contributed by atoms with Crippen LogP contribution < -0.4 is 5.32 Å². The zero-order valence-electron chi connectivity index (χ0n) is 11.2. The Hall–Kier alpha value is -0.120. The van der Waals surface area contributed by atoms with Crippen LogP contribution in [0.5, 0.6) is 0 Å². The molecule has 0 amide bonds. The second-order valence-corrected chi connectivity index (χ2v) is 5.99. The van der Waals surface area contributed by atoms with E-state index < -0.39 is 0 Å². The van der Waals surface area contributed by atoms with Crippen molar-refractivity contribution in [3.05, 3.63) is 0 Å². The van der Waals surface area contributed by atoms with E-state index in [-0.39, 0.29) is 0 Å². The van der Waals surface area contributed by atoms with Crippen molar-refractivity contribution in [2.75, 3.05) is 32.7 Å². The molecule has 1 N–H and O–H groups in total. The highest BCUT2D eigenvalue weighted by molar-refractivity contribution is 4.99. The Morgan fingerprint density at radius 2 is 2.18 bits per heavy atom. The molecule has 3 nitrogen and oxygen atoms in total. The SMILES string of the molecule is CCCN(C1CCNC1)C1CCN2CCCC12. The van der Waals surface area contributed by atoms with Crippen LogP contribution in [0.4, 0.5) is 0 Å². The first-order chi connectivity index (χ1) is 8.40. The van der Waals surface area contributed by atoms with Gasteiger partial charge in [0.1, 0.15) is 0 Å². The highest BCUT2D eigenvalue weighted by atomic mass is 15.3. The lowest BCUT2D eigenvalue weighted by Crippen LogP contribution is -2.49. The third-order valence-electron chi connectivity index (χ3n) is 4.98. The molecule has 0 saturated carbocycles. The van der Waals surface area contributed by atoms with Gasteiger partial charge in [-0.3, -0.25) is 9.80 Å². The van der Waals surface area contributed by atoms with Crippen LogP contribution >= 0.6 is 0 Å². The average Bonchev–Trinajstić information content (AvgIpc) is 3.03. The Kier molecular flexibility index (Phi) is 3.69. The molecule has 0 radical (unpaired) electrons. The summed E-state index contributed by atoms with van der Waals surface area (Å²) in [5, 5.41) is 3.54. The summed E-state index contributed by atoms with van der Waals surface area (Å²) in [5.74, 6) is 0. The van der Waals surface area contributed by atoms with E-state index >= 15 is 0 Å². The summed E-state index contributed by atoms with van der Waals surface area (Å²) < 4.78 is 0. The molecule has 0 spiro atoms. The highest BCUT2D eigenvalue weighted by Crippen LogP contribution is 2.33. The molecule has 3 heteroatoms. The van der Waals surface area contributed by atoms with E-state index in [1.165, 1.54) is 64.8 Å². The van der Waals surface area contributed by atoms with E-state index in [0.717, 1.165) is 18.1 Å². The van der Waals surface area contributed by atoms with Crippen molar-refractivity contribution in [2.24, 2.45) is 0 Å². The van der Waals surface area contributed by atoms with Gasteiger partial charge in [-0.2, -0.15) is 0 Å². The van der Waals surface area contributed by atoms with Crippen molar-refractivity contribution in [1.29, 1.82) is 0 Å². The van der Waals surface area contributed by atoms with Crippen LogP contribution in [-0.4, -0.2) is 60.6 Å². The molecule has 3 saturated heterocycles. The summed E-state index contributed by atoms with van der Waals surface area (Å²) in [5.41, 5.74) is 0. The number of nitrogens with zero attached hydrogens (tertiary/aromatic N) is 2. The normalized spacial score (nSPS) is 38.1. The molecule has 17 heavy (non-hydrogen) atoms. The van der Waals surface area contributed by atoms with E-state index in [9.17, 15) is 0 Å². The minimum atomic E-state index is 0.820. The molecule has 3 rings (SSSR count). The van der Waals surface area contributed by atoms with Crippen LogP contribution in [0.15, 0.2) is 0 Å². The molecule has 3 aliphatic rings. The molecule has 98 valence electrons. The molecular weight excluding hydrogens is 210 g/mol. The maximum Gasteiger partial charge on any atom is 0.0267 e. The van der Waals surface area contributed by atoms with Crippen LogP contribution in [0.2, 0.25) is 0 Å². The Bertz CT molecular complexity index is 250. The van der Waals surface area contributed by atoms with Gasteiger partial charge in [-0.25, -0.2) is 0 Å². The van der Waals surface area contributed by atoms with Crippen molar-refractivity contribution in [1.82, 2.24) is 15.1 Å². The molecule has 3 heterocycles. The molecule has 3 fully saturated rings. The summed E-state index contributed by atoms with van der Waals surface area (Å²) in [6.45, 7) is 8.81. The number of fused-ring (bicyclic) bond motifs is 1. The molecule has 3 atom stereocenters. The van der Waals surface area contributed by atoms with Crippen LogP contribution in [-0.2, 0) is 0 Å². The van der Waals surface area contributed by atoms with Crippen molar-refractivity contribution in [2.45, 2.75) is 57.2 Å². The molecule has 0 aromatic heterocycles. The molecule has 3 unspecified atom stereocenters. The van der Waals surface area contributed by atoms with Crippen molar-refractivity contribution in [3.8, 4) is 0 Å². The van der Waals surface area contributed by atoms with Gasteiger partial charge in [0.05, 0.1) is 0 Å². The first kappa shape index (κ1) is 11.9. The van der Waals surface area contributed by atoms with Gasteiger partial charge in [0.2, 0.25) is 0 Å². The third kappa shape index (κ3) is 2.25. The molecule has 0 aromatic rings. The van der Waals surface area contributed by atoms with Crippen molar-refractivity contribution >= 4 is 0 Å². The van der Waals surface area contributed by atoms with Crippen LogP contribution in [0.1, 0.15) is 39.0 Å². The second-order valence-electron chi connectivity index (χ2n) is 5.99. The highest BCUT2D eigenvalue weighted by Gasteiger charge is 2.42. The van der Waals surface area contributed by atoms with Gasteiger partial charge in [-0.15, -0.1) is 0 Å². The van der Waals surface area contributed by atoms with Crippen LogP contribution in [0.25, 0.3) is 0 Å². The molecule has 0 bridgehead atoms. The number of nitrogens with one attached hydrogen (secondary N) is 1. The lowest BCUT2D eigenvalue weighted by atomic mass is 10.0. The maximum absolute atomic E-state index is 3.54. The Morgan fingerprint density at radius 3 is 2.94 bits per heavy atom. The van der Waals surface area contributed by atoms with Gasteiger partial charge in [-0.05, 0) is 51.7 Å². The number of hydrogen-bond donors (Lipinski definition) is 1. The first-order valence-corrected chi connectivity index (χ1v) is 7.60. The van der Waals surface area contributed by atoms with E-state index in [2.05, 4.69) is 22.0 Å². The van der Waals surface area contributed by atoms with Crippen LogP contribution in [0, 0.1) is 0 Å². The first-order valence-electron chi connectivity index (χ1n) is 7.60. The smallest absolute Gasteiger partial charge is 0.0267 e. The zero-order valence-corrected chi connectivity index (χ0v) is 11.2.